The molecule has 1 heterocycles. The van der Waals surface area contributed by atoms with Gasteiger partial charge in [0.25, 0.3) is 0 Å². The second-order valence-electron chi connectivity index (χ2n) is 7.28. The fourth-order valence-electron chi connectivity index (χ4n) is 3.32. The number of urea groups is 1. The highest BCUT2D eigenvalue weighted by Gasteiger charge is 2.12. The van der Waals surface area contributed by atoms with Crippen LogP contribution in [-0.2, 0) is 0 Å². The molecule has 0 saturated heterocycles. The van der Waals surface area contributed by atoms with E-state index < -0.39 is 6.03 Å². The summed E-state index contributed by atoms with van der Waals surface area (Å²) in [4.78, 5) is 21.2. The summed E-state index contributed by atoms with van der Waals surface area (Å²) < 4.78 is 0. The van der Waals surface area contributed by atoms with Crippen LogP contribution in [0.4, 0.5) is 22.1 Å². The highest BCUT2D eigenvalue weighted by Crippen LogP contribution is 2.31. The lowest BCUT2D eigenvalue weighted by Crippen LogP contribution is -2.19. The zero-order valence-electron chi connectivity index (χ0n) is 17.2. The molecule has 7 nitrogen and oxygen atoms in total. The predicted molar refractivity (Wildman–Crippen MR) is 130 cm³/mol. The van der Waals surface area contributed by atoms with E-state index in [4.69, 9.17) is 17.3 Å². The summed E-state index contributed by atoms with van der Waals surface area (Å²) in [7, 11) is 0. The number of amides is 2. The smallest absolute Gasteiger partial charge is 0.323 e. The monoisotopic (exact) mass is 445 g/mol. The van der Waals surface area contributed by atoms with Crippen molar-refractivity contribution in [2.24, 2.45) is 0 Å². The Morgan fingerprint density at radius 1 is 1.00 bits per heavy atom. The number of aliphatic hydroxyl groups is 1. The number of nitrogens with two attached hydrogens (primary N) is 1. The fraction of sp³-hybridized carbons (Fsp3) is 0.0417. The van der Waals surface area contributed by atoms with Gasteiger partial charge in [-0.1, -0.05) is 30.3 Å². The van der Waals surface area contributed by atoms with Gasteiger partial charge in [0.05, 0.1) is 11.2 Å². The number of hydrogen-bond donors (Lipinski definition) is 4. The van der Waals surface area contributed by atoms with Gasteiger partial charge in [-0.25, -0.2) is 14.8 Å². The van der Waals surface area contributed by atoms with Gasteiger partial charge < -0.3 is 21.5 Å². The van der Waals surface area contributed by atoms with Crippen LogP contribution in [0.15, 0.2) is 67.2 Å². The normalized spacial score (nSPS) is 10.7. The Morgan fingerprint density at radius 2 is 1.72 bits per heavy atom. The van der Waals surface area contributed by atoms with Gasteiger partial charge >= 0.3 is 6.03 Å². The van der Waals surface area contributed by atoms with Crippen molar-refractivity contribution < 1.29 is 9.90 Å². The van der Waals surface area contributed by atoms with E-state index in [9.17, 15) is 9.90 Å². The summed E-state index contributed by atoms with van der Waals surface area (Å²) in [6.07, 6.45) is 0. The number of nitrogen functional groups attached to an aromatic ring is 1. The molecule has 1 aromatic heterocycles. The number of aromatic nitrogens is 2. The standard InChI is InChI=1S/C24H20ClN5O2/c1-13-3-8-20-21(9-13)29-23(26)30-22(20)16-10-17(25)12-19(11-16)28-24(32)27-18-6-4-15(5-7-18)14(2)31/h3-12,31H,2H2,1H3,(H2,26,29,30)(H2,27,28,32). The first-order valence-corrected chi connectivity index (χ1v) is 10.1. The van der Waals surface area contributed by atoms with Gasteiger partial charge in [-0.3, -0.25) is 0 Å². The van der Waals surface area contributed by atoms with Gasteiger partial charge in [-0.2, -0.15) is 0 Å². The Balaban J connectivity index is 1.61. The number of fused-ring (bicyclic) bond motifs is 1. The summed E-state index contributed by atoms with van der Waals surface area (Å²) in [6, 6.07) is 17.2. The summed E-state index contributed by atoms with van der Waals surface area (Å²) in [5.74, 6) is 0.111. The minimum atomic E-state index is -0.448. The SMILES string of the molecule is C=C(O)c1ccc(NC(=O)Nc2cc(Cl)cc(-c3nc(N)nc4cc(C)ccc34)c2)cc1. The third-order valence-electron chi connectivity index (χ3n) is 4.77. The van der Waals surface area contributed by atoms with Crippen LogP contribution in [0, 0.1) is 6.92 Å². The minimum Gasteiger partial charge on any atom is -0.508 e. The number of nitrogens with zero attached hydrogens (tertiary/aromatic N) is 2. The van der Waals surface area contributed by atoms with E-state index in [-0.39, 0.29) is 11.7 Å². The number of anilines is 3. The molecule has 0 saturated carbocycles. The zero-order chi connectivity index (χ0) is 22.8. The molecule has 0 spiro atoms. The first-order valence-electron chi connectivity index (χ1n) is 9.69. The minimum absolute atomic E-state index is 0.0412. The van der Waals surface area contributed by atoms with E-state index in [2.05, 4.69) is 27.2 Å². The zero-order valence-corrected chi connectivity index (χ0v) is 17.9. The summed E-state index contributed by atoms with van der Waals surface area (Å²) in [6.45, 7) is 5.45. The lowest BCUT2D eigenvalue weighted by Gasteiger charge is -2.12. The van der Waals surface area contributed by atoms with Gasteiger partial charge in [-0.15, -0.1) is 0 Å². The van der Waals surface area contributed by atoms with E-state index in [1.807, 2.05) is 25.1 Å². The van der Waals surface area contributed by atoms with E-state index in [0.29, 0.717) is 33.2 Å². The molecule has 160 valence electrons. The summed E-state index contributed by atoms with van der Waals surface area (Å²) in [5.41, 5.74) is 10.7. The number of benzene rings is 3. The van der Waals surface area contributed by atoms with E-state index in [0.717, 1.165) is 16.5 Å². The molecule has 4 rings (SSSR count). The van der Waals surface area contributed by atoms with Crippen LogP contribution in [0.5, 0.6) is 0 Å². The van der Waals surface area contributed by atoms with Crippen molar-refractivity contribution >= 4 is 51.6 Å². The van der Waals surface area contributed by atoms with Crippen LogP contribution in [0.1, 0.15) is 11.1 Å². The molecule has 0 radical (unpaired) electrons. The topological polar surface area (TPSA) is 113 Å². The second kappa shape index (κ2) is 8.56. The molecule has 8 heteroatoms. The molecule has 4 aromatic rings. The highest BCUT2D eigenvalue weighted by atomic mass is 35.5. The predicted octanol–water partition coefficient (Wildman–Crippen LogP) is 6.01. The Hall–Kier alpha value is -4.10. The number of aryl methyl sites for hydroxylation is 1. The molecule has 5 N–H and O–H groups in total. The van der Waals surface area contributed by atoms with Gasteiger partial charge in [0, 0.05) is 32.9 Å². The van der Waals surface area contributed by atoms with Gasteiger partial charge in [0.2, 0.25) is 5.95 Å². The van der Waals surface area contributed by atoms with Crippen LogP contribution in [-0.4, -0.2) is 21.1 Å². The van der Waals surface area contributed by atoms with Gasteiger partial charge in [0.15, 0.2) is 0 Å². The molecule has 0 fully saturated rings. The molecular weight excluding hydrogens is 426 g/mol. The molecule has 2 amide bonds. The second-order valence-corrected chi connectivity index (χ2v) is 7.72. The van der Waals surface area contributed by atoms with Gasteiger partial charge in [0.1, 0.15) is 5.76 Å². The van der Waals surface area contributed by atoms with Crippen LogP contribution < -0.4 is 16.4 Å². The van der Waals surface area contributed by atoms with Crippen LogP contribution in [0.25, 0.3) is 27.9 Å². The summed E-state index contributed by atoms with van der Waals surface area (Å²) in [5, 5.41) is 16.2. The molecule has 32 heavy (non-hydrogen) atoms. The number of halogens is 1. The first-order chi connectivity index (χ1) is 15.3. The van der Waals surface area contributed by atoms with Gasteiger partial charge in [-0.05, 0) is 61.0 Å². The van der Waals surface area contributed by atoms with Crippen molar-refractivity contribution in [1.82, 2.24) is 9.97 Å². The maximum atomic E-state index is 12.5. The largest absolute Gasteiger partial charge is 0.508 e. The lowest BCUT2D eigenvalue weighted by molar-refractivity contribution is 0.262. The number of nitrogens with one attached hydrogen (secondary N) is 2. The summed E-state index contributed by atoms with van der Waals surface area (Å²) >= 11 is 6.33. The van der Waals surface area contributed by atoms with Crippen molar-refractivity contribution in [3.8, 4) is 11.3 Å². The Bertz CT molecular complexity index is 1350. The van der Waals surface area contributed by atoms with E-state index in [1.54, 1.807) is 42.5 Å². The van der Waals surface area contributed by atoms with Crippen molar-refractivity contribution in [2.75, 3.05) is 16.4 Å². The lowest BCUT2D eigenvalue weighted by atomic mass is 10.0. The molecule has 3 aromatic carbocycles. The van der Waals surface area contributed by atoms with Crippen molar-refractivity contribution in [3.63, 3.8) is 0 Å². The Labute approximate surface area is 189 Å². The number of rotatable bonds is 4. The molecule has 0 aliphatic rings. The Kier molecular flexibility index (Phi) is 5.66. The third-order valence-corrected chi connectivity index (χ3v) is 4.99. The maximum Gasteiger partial charge on any atom is 0.323 e. The van der Waals surface area contributed by atoms with Crippen molar-refractivity contribution in [3.05, 3.63) is 83.4 Å². The van der Waals surface area contributed by atoms with E-state index >= 15 is 0 Å². The van der Waals surface area contributed by atoms with E-state index in [1.165, 1.54) is 0 Å². The fourth-order valence-corrected chi connectivity index (χ4v) is 3.55. The molecular formula is C24H20ClN5O2. The number of aliphatic hydroxyl groups excluding tert-OH is 1. The van der Waals surface area contributed by atoms with Crippen LogP contribution >= 0.6 is 11.6 Å². The number of carbonyl (C=O) groups excluding carboxylic acids is 1. The van der Waals surface area contributed by atoms with Crippen LogP contribution in [0.2, 0.25) is 5.02 Å². The molecule has 0 aliphatic carbocycles. The highest BCUT2D eigenvalue weighted by molar-refractivity contribution is 6.31. The average Bonchev–Trinajstić information content (AvgIpc) is 2.72. The Morgan fingerprint density at radius 3 is 2.44 bits per heavy atom. The molecule has 0 unspecified atom stereocenters. The first kappa shape index (κ1) is 21.1. The average molecular weight is 446 g/mol. The van der Waals surface area contributed by atoms with Crippen LogP contribution in [0.3, 0.4) is 0 Å². The molecule has 0 atom stereocenters. The number of carbonyl (C=O) groups is 1. The molecule has 0 bridgehead atoms. The third kappa shape index (κ3) is 4.63. The number of hydrogen-bond acceptors (Lipinski definition) is 5. The molecule has 0 aliphatic heterocycles. The van der Waals surface area contributed by atoms with Crippen molar-refractivity contribution in [2.45, 2.75) is 6.92 Å². The quantitative estimate of drug-likeness (QED) is 0.287. The van der Waals surface area contributed by atoms with Crippen molar-refractivity contribution in [1.29, 1.82) is 0 Å². The maximum absolute atomic E-state index is 12.5.